The molecule has 1 aliphatic heterocycles. The molecule has 1 fully saturated rings. The molecule has 0 bridgehead atoms. The van der Waals surface area contributed by atoms with E-state index in [1.54, 1.807) is 0 Å². The molecule has 1 heterocycles. The molecule has 2 nitrogen and oxygen atoms in total. The lowest BCUT2D eigenvalue weighted by molar-refractivity contribution is -0.0195. The van der Waals surface area contributed by atoms with Crippen molar-refractivity contribution < 1.29 is 4.74 Å². The molecule has 0 N–H and O–H groups in total. The van der Waals surface area contributed by atoms with Crippen LogP contribution in [0.4, 0.5) is 0 Å². The average molecular weight is 217 g/mol. The zero-order valence-electron chi connectivity index (χ0n) is 9.41. The number of nitrogens with zero attached hydrogens (tertiary/aromatic N) is 1. The van der Waals surface area contributed by atoms with Crippen molar-refractivity contribution in [2.24, 2.45) is 5.92 Å². The maximum atomic E-state index is 5.51. The smallest absolute Gasteiger partial charge is 0.0674 e. The minimum Gasteiger partial charge on any atom is -0.376 e. The first-order chi connectivity index (χ1) is 6.72. The van der Waals surface area contributed by atoms with E-state index in [1.807, 2.05) is 0 Å². The minimum atomic E-state index is 0.420. The maximum absolute atomic E-state index is 5.51. The van der Waals surface area contributed by atoms with Gasteiger partial charge in [-0.05, 0) is 38.0 Å². The van der Waals surface area contributed by atoms with Crippen LogP contribution in [0.3, 0.4) is 0 Å². The Morgan fingerprint density at radius 2 is 2.29 bits per heavy atom. The highest BCUT2D eigenvalue weighted by atomic mass is 32.1. The van der Waals surface area contributed by atoms with Crippen LogP contribution in [-0.4, -0.2) is 43.0 Å². The summed E-state index contributed by atoms with van der Waals surface area (Å²) in [6.45, 7) is 8.82. The van der Waals surface area contributed by atoms with Gasteiger partial charge in [0.15, 0.2) is 0 Å². The van der Waals surface area contributed by atoms with Crippen molar-refractivity contribution in [1.29, 1.82) is 0 Å². The molecular weight excluding hydrogens is 194 g/mol. The lowest BCUT2D eigenvalue weighted by Gasteiger charge is -2.31. The van der Waals surface area contributed by atoms with E-state index in [0.717, 1.165) is 31.4 Å². The quantitative estimate of drug-likeness (QED) is 0.708. The molecule has 3 heteroatoms. The van der Waals surface area contributed by atoms with Gasteiger partial charge in [0.1, 0.15) is 0 Å². The molecule has 0 radical (unpaired) electrons. The van der Waals surface area contributed by atoms with Crippen molar-refractivity contribution in [1.82, 2.24) is 4.90 Å². The van der Waals surface area contributed by atoms with E-state index < -0.39 is 0 Å². The van der Waals surface area contributed by atoms with Gasteiger partial charge < -0.3 is 4.74 Å². The van der Waals surface area contributed by atoms with Crippen LogP contribution in [0.5, 0.6) is 0 Å². The fourth-order valence-corrected chi connectivity index (χ4v) is 2.30. The van der Waals surface area contributed by atoms with Crippen molar-refractivity contribution in [3.8, 4) is 0 Å². The molecule has 1 saturated heterocycles. The number of thiol groups is 1. The Balaban J connectivity index is 2.10. The van der Waals surface area contributed by atoms with Crippen molar-refractivity contribution in [3.63, 3.8) is 0 Å². The van der Waals surface area contributed by atoms with Crippen molar-refractivity contribution in [3.05, 3.63) is 0 Å². The Morgan fingerprint density at radius 3 is 2.93 bits per heavy atom. The summed E-state index contributed by atoms with van der Waals surface area (Å²) in [5.74, 6) is 1.83. The highest BCUT2D eigenvalue weighted by Gasteiger charge is 2.16. The largest absolute Gasteiger partial charge is 0.376 e. The van der Waals surface area contributed by atoms with Crippen LogP contribution in [0.25, 0.3) is 0 Å². The van der Waals surface area contributed by atoms with Crippen molar-refractivity contribution >= 4 is 12.6 Å². The standard InChI is InChI=1S/C11H23NOS/c1-10(4-8-14)3-5-12-6-7-13-11(2)9-12/h10-11,14H,3-9H2,1-2H3. The Kier molecular flexibility index (Phi) is 5.90. The van der Waals surface area contributed by atoms with Crippen LogP contribution in [0, 0.1) is 5.92 Å². The van der Waals surface area contributed by atoms with Crippen molar-refractivity contribution in [2.75, 3.05) is 32.0 Å². The lowest BCUT2D eigenvalue weighted by Crippen LogP contribution is -2.41. The molecular formula is C11H23NOS. The van der Waals surface area contributed by atoms with E-state index in [4.69, 9.17) is 4.74 Å². The van der Waals surface area contributed by atoms with E-state index in [-0.39, 0.29) is 0 Å². The van der Waals surface area contributed by atoms with Gasteiger partial charge in [-0.3, -0.25) is 4.90 Å². The second-order valence-electron chi connectivity index (χ2n) is 4.39. The molecule has 2 unspecified atom stereocenters. The molecule has 0 aliphatic carbocycles. The summed E-state index contributed by atoms with van der Waals surface area (Å²) in [5, 5.41) is 0. The summed E-state index contributed by atoms with van der Waals surface area (Å²) in [6.07, 6.45) is 2.96. The molecule has 0 aromatic carbocycles. The third kappa shape index (κ3) is 4.67. The molecule has 0 aromatic heterocycles. The van der Waals surface area contributed by atoms with Crippen LogP contribution >= 0.6 is 12.6 Å². The zero-order valence-corrected chi connectivity index (χ0v) is 10.3. The van der Waals surface area contributed by atoms with Gasteiger partial charge >= 0.3 is 0 Å². The van der Waals surface area contributed by atoms with E-state index >= 15 is 0 Å². The predicted molar refractivity (Wildman–Crippen MR) is 64.1 cm³/mol. The highest BCUT2D eigenvalue weighted by molar-refractivity contribution is 7.80. The van der Waals surface area contributed by atoms with E-state index in [9.17, 15) is 0 Å². The lowest BCUT2D eigenvalue weighted by atomic mass is 10.0. The second-order valence-corrected chi connectivity index (χ2v) is 4.84. The Hall–Kier alpha value is 0.270. The van der Waals surface area contributed by atoms with Crippen LogP contribution in [0.2, 0.25) is 0 Å². The van der Waals surface area contributed by atoms with E-state index in [2.05, 4.69) is 31.4 Å². The van der Waals surface area contributed by atoms with Crippen LogP contribution in [-0.2, 0) is 4.74 Å². The van der Waals surface area contributed by atoms with Gasteiger partial charge in [0.2, 0.25) is 0 Å². The SMILES string of the molecule is CC(CCS)CCN1CCOC(C)C1. The number of hydrogen-bond donors (Lipinski definition) is 1. The minimum absolute atomic E-state index is 0.420. The first-order valence-corrected chi connectivity index (χ1v) is 6.30. The molecule has 0 saturated carbocycles. The molecule has 0 spiro atoms. The summed E-state index contributed by atoms with van der Waals surface area (Å²) in [6, 6.07) is 0. The summed E-state index contributed by atoms with van der Waals surface area (Å²) in [5.41, 5.74) is 0. The molecule has 0 amide bonds. The highest BCUT2D eigenvalue weighted by Crippen LogP contribution is 2.11. The van der Waals surface area contributed by atoms with Gasteiger partial charge in [0.05, 0.1) is 12.7 Å². The monoisotopic (exact) mass is 217 g/mol. The third-order valence-electron chi connectivity index (χ3n) is 2.89. The van der Waals surface area contributed by atoms with Gasteiger partial charge in [0, 0.05) is 13.1 Å². The summed E-state index contributed by atoms with van der Waals surface area (Å²) in [7, 11) is 0. The first-order valence-electron chi connectivity index (χ1n) is 5.67. The molecule has 84 valence electrons. The van der Waals surface area contributed by atoms with Crippen LogP contribution < -0.4 is 0 Å². The zero-order chi connectivity index (χ0) is 10.4. The number of ether oxygens (including phenoxy) is 1. The van der Waals surface area contributed by atoms with E-state index in [1.165, 1.54) is 19.4 Å². The average Bonchev–Trinajstić information content (AvgIpc) is 2.15. The topological polar surface area (TPSA) is 12.5 Å². The Morgan fingerprint density at radius 1 is 1.50 bits per heavy atom. The third-order valence-corrected chi connectivity index (χ3v) is 3.14. The fraction of sp³-hybridized carbons (Fsp3) is 1.00. The van der Waals surface area contributed by atoms with E-state index in [0.29, 0.717) is 6.10 Å². The Labute approximate surface area is 93.4 Å². The van der Waals surface area contributed by atoms with Crippen LogP contribution in [0.15, 0.2) is 0 Å². The fourth-order valence-electron chi connectivity index (χ4n) is 1.86. The molecule has 14 heavy (non-hydrogen) atoms. The van der Waals surface area contributed by atoms with Gasteiger partial charge in [-0.1, -0.05) is 6.92 Å². The van der Waals surface area contributed by atoms with Gasteiger partial charge in [-0.2, -0.15) is 12.6 Å². The summed E-state index contributed by atoms with van der Waals surface area (Å²) < 4.78 is 5.51. The summed E-state index contributed by atoms with van der Waals surface area (Å²) in [4.78, 5) is 2.52. The molecule has 2 atom stereocenters. The van der Waals surface area contributed by atoms with Gasteiger partial charge in [0.25, 0.3) is 0 Å². The normalized spacial score (nSPS) is 26.4. The van der Waals surface area contributed by atoms with Crippen LogP contribution in [0.1, 0.15) is 26.7 Å². The molecule has 1 aliphatic rings. The van der Waals surface area contributed by atoms with Crippen molar-refractivity contribution in [2.45, 2.75) is 32.8 Å². The number of morpholine rings is 1. The first kappa shape index (κ1) is 12.3. The second kappa shape index (κ2) is 6.70. The summed E-state index contributed by atoms with van der Waals surface area (Å²) >= 11 is 4.26. The number of hydrogen-bond acceptors (Lipinski definition) is 3. The number of rotatable bonds is 5. The predicted octanol–water partition coefficient (Wildman–Crippen LogP) is 2.05. The molecule has 1 rings (SSSR count). The van der Waals surface area contributed by atoms with Gasteiger partial charge in [-0.25, -0.2) is 0 Å². The van der Waals surface area contributed by atoms with Gasteiger partial charge in [-0.15, -0.1) is 0 Å². The Bertz CT molecular complexity index is 154. The molecule has 0 aromatic rings. The maximum Gasteiger partial charge on any atom is 0.0674 e.